The van der Waals surface area contributed by atoms with Crippen molar-refractivity contribution in [1.82, 2.24) is 0 Å². The molecule has 17 heavy (non-hydrogen) atoms. The number of Topliss-reactive ketones (excluding diaryl/α,β-unsaturated/α-hetero) is 1. The summed E-state index contributed by atoms with van der Waals surface area (Å²) in [6.45, 7) is 2.64. The first kappa shape index (κ1) is 12.3. The minimum Gasteiger partial charge on any atom is -0.367 e. The first-order valence-corrected chi connectivity index (χ1v) is 5.79. The molecular formula is C12H12ClF2NO. The Hall–Kier alpha value is -1.16. The zero-order chi connectivity index (χ0) is 12.6. The maximum atomic E-state index is 13.7. The van der Waals surface area contributed by atoms with Crippen LogP contribution in [0.3, 0.4) is 0 Å². The van der Waals surface area contributed by atoms with Crippen LogP contribution < -0.4 is 4.90 Å². The van der Waals surface area contributed by atoms with Gasteiger partial charge in [0.1, 0.15) is 11.6 Å². The van der Waals surface area contributed by atoms with Crippen molar-refractivity contribution in [3.8, 4) is 0 Å². The van der Waals surface area contributed by atoms with Gasteiger partial charge >= 0.3 is 0 Å². The second-order valence-electron chi connectivity index (χ2n) is 4.28. The van der Waals surface area contributed by atoms with Gasteiger partial charge in [0.05, 0.1) is 10.7 Å². The van der Waals surface area contributed by atoms with Crippen LogP contribution in [0.5, 0.6) is 0 Å². The van der Waals surface area contributed by atoms with Gasteiger partial charge < -0.3 is 4.90 Å². The van der Waals surface area contributed by atoms with Crippen molar-refractivity contribution in [1.29, 1.82) is 0 Å². The van der Waals surface area contributed by atoms with E-state index in [9.17, 15) is 13.6 Å². The first-order chi connectivity index (χ1) is 7.99. The van der Waals surface area contributed by atoms with Gasteiger partial charge in [-0.05, 0) is 6.07 Å². The van der Waals surface area contributed by atoms with Crippen LogP contribution in [0.2, 0.25) is 5.02 Å². The Morgan fingerprint density at radius 3 is 2.71 bits per heavy atom. The van der Waals surface area contributed by atoms with Crippen molar-refractivity contribution in [3.05, 3.63) is 28.8 Å². The standard InChI is InChI=1S/C12H12ClF2NO/c1-7-6-16(3-2-11(7)17)12-9(13)4-8(14)5-10(12)15/h4-5,7H,2-3,6H2,1H3. The van der Waals surface area contributed by atoms with Crippen molar-refractivity contribution in [3.63, 3.8) is 0 Å². The number of nitrogens with zero attached hydrogens (tertiary/aromatic N) is 1. The third-order valence-corrected chi connectivity index (χ3v) is 3.26. The molecule has 0 amide bonds. The van der Waals surface area contributed by atoms with Gasteiger partial charge in [0.2, 0.25) is 0 Å². The third-order valence-electron chi connectivity index (χ3n) is 2.97. The van der Waals surface area contributed by atoms with Crippen LogP contribution in [0.15, 0.2) is 12.1 Å². The minimum atomic E-state index is -0.697. The lowest BCUT2D eigenvalue weighted by molar-refractivity contribution is -0.122. The molecule has 5 heteroatoms. The molecule has 1 heterocycles. The van der Waals surface area contributed by atoms with Crippen LogP contribution in [0.1, 0.15) is 13.3 Å². The summed E-state index contributed by atoms with van der Waals surface area (Å²) in [5.74, 6) is -1.36. The average Bonchev–Trinajstić information content (AvgIpc) is 2.21. The van der Waals surface area contributed by atoms with Crippen molar-refractivity contribution in [2.75, 3.05) is 18.0 Å². The smallest absolute Gasteiger partial charge is 0.150 e. The summed E-state index contributed by atoms with van der Waals surface area (Å²) in [5, 5.41) is 0.0454. The van der Waals surface area contributed by atoms with Crippen molar-refractivity contribution >= 4 is 23.1 Å². The molecule has 0 bridgehead atoms. The summed E-state index contributed by atoms with van der Waals surface area (Å²) < 4.78 is 26.6. The van der Waals surface area contributed by atoms with Crippen LogP contribution in [0, 0.1) is 17.6 Å². The summed E-state index contributed by atoms with van der Waals surface area (Å²) in [4.78, 5) is 13.1. The Kier molecular flexibility index (Phi) is 3.33. The molecule has 0 saturated carbocycles. The van der Waals surface area contributed by atoms with Crippen molar-refractivity contribution < 1.29 is 13.6 Å². The number of rotatable bonds is 1. The fourth-order valence-corrected chi connectivity index (χ4v) is 2.37. The number of benzene rings is 1. The highest BCUT2D eigenvalue weighted by Crippen LogP contribution is 2.32. The fraction of sp³-hybridized carbons (Fsp3) is 0.417. The molecule has 0 N–H and O–H groups in total. The number of ketones is 1. The molecule has 0 aromatic heterocycles. The van der Waals surface area contributed by atoms with E-state index in [0.717, 1.165) is 12.1 Å². The van der Waals surface area contributed by atoms with E-state index >= 15 is 0 Å². The van der Waals surface area contributed by atoms with Gasteiger partial charge in [-0.1, -0.05) is 18.5 Å². The van der Waals surface area contributed by atoms with Crippen molar-refractivity contribution in [2.45, 2.75) is 13.3 Å². The van der Waals surface area contributed by atoms with Gasteiger partial charge in [-0.15, -0.1) is 0 Å². The Morgan fingerprint density at radius 1 is 1.41 bits per heavy atom. The Morgan fingerprint density at radius 2 is 2.12 bits per heavy atom. The summed E-state index contributed by atoms with van der Waals surface area (Å²) in [7, 11) is 0. The number of anilines is 1. The molecular weight excluding hydrogens is 248 g/mol. The highest BCUT2D eigenvalue weighted by atomic mass is 35.5. The molecule has 2 nitrogen and oxygen atoms in total. The zero-order valence-electron chi connectivity index (χ0n) is 9.34. The summed E-state index contributed by atoms with van der Waals surface area (Å²) in [6, 6.07) is 1.89. The molecule has 1 aliphatic rings. The lowest BCUT2D eigenvalue weighted by atomic mass is 9.98. The molecule has 0 radical (unpaired) electrons. The second-order valence-corrected chi connectivity index (χ2v) is 4.69. The first-order valence-electron chi connectivity index (χ1n) is 5.41. The monoisotopic (exact) mass is 259 g/mol. The maximum Gasteiger partial charge on any atom is 0.150 e. The van der Waals surface area contributed by atoms with Gasteiger partial charge in [-0.2, -0.15) is 0 Å². The SMILES string of the molecule is CC1CN(c2c(F)cc(F)cc2Cl)CCC1=O. The molecule has 1 aliphatic heterocycles. The van der Waals surface area contributed by atoms with E-state index in [0.29, 0.717) is 19.5 Å². The quantitative estimate of drug-likeness (QED) is 0.773. The lowest BCUT2D eigenvalue weighted by Crippen LogP contribution is -2.40. The molecule has 0 aliphatic carbocycles. The molecule has 2 rings (SSSR count). The maximum absolute atomic E-state index is 13.7. The number of hydrogen-bond donors (Lipinski definition) is 0. The molecule has 1 atom stereocenters. The van der Waals surface area contributed by atoms with E-state index in [1.807, 2.05) is 0 Å². The molecule has 1 unspecified atom stereocenters. The molecule has 1 saturated heterocycles. The number of piperidine rings is 1. The predicted molar refractivity (Wildman–Crippen MR) is 62.4 cm³/mol. The summed E-state index contributed by atoms with van der Waals surface area (Å²) in [5.41, 5.74) is 0.187. The van der Waals surface area contributed by atoms with Crippen LogP contribution in [0.25, 0.3) is 0 Å². The van der Waals surface area contributed by atoms with E-state index in [-0.39, 0.29) is 22.4 Å². The topological polar surface area (TPSA) is 20.3 Å². The van der Waals surface area contributed by atoms with Gasteiger partial charge in [0.25, 0.3) is 0 Å². The molecule has 1 fully saturated rings. The van der Waals surface area contributed by atoms with Crippen LogP contribution >= 0.6 is 11.6 Å². The Bertz CT molecular complexity index is 441. The van der Waals surface area contributed by atoms with Gasteiger partial charge in [-0.25, -0.2) is 8.78 Å². The largest absolute Gasteiger partial charge is 0.367 e. The Balaban J connectivity index is 2.32. The second kappa shape index (κ2) is 4.61. The highest BCUT2D eigenvalue weighted by molar-refractivity contribution is 6.33. The highest BCUT2D eigenvalue weighted by Gasteiger charge is 2.26. The molecule has 1 aromatic carbocycles. The van der Waals surface area contributed by atoms with E-state index in [4.69, 9.17) is 11.6 Å². The normalized spacial score (nSPS) is 20.8. The Labute approximate surface area is 103 Å². The predicted octanol–water partition coefficient (Wildman–Crippen LogP) is 3.03. The van der Waals surface area contributed by atoms with E-state index in [1.165, 1.54) is 0 Å². The number of carbonyl (C=O) groups excluding carboxylic acids is 1. The van der Waals surface area contributed by atoms with Gasteiger partial charge in [-0.3, -0.25) is 4.79 Å². The molecule has 92 valence electrons. The summed E-state index contributed by atoms with van der Waals surface area (Å²) >= 11 is 5.85. The van der Waals surface area contributed by atoms with Crippen LogP contribution in [0.4, 0.5) is 14.5 Å². The van der Waals surface area contributed by atoms with E-state index in [2.05, 4.69) is 0 Å². The van der Waals surface area contributed by atoms with Crippen LogP contribution in [-0.4, -0.2) is 18.9 Å². The van der Waals surface area contributed by atoms with Crippen molar-refractivity contribution in [2.24, 2.45) is 5.92 Å². The van der Waals surface area contributed by atoms with Gasteiger partial charge in [0, 0.05) is 31.5 Å². The van der Waals surface area contributed by atoms with E-state index in [1.54, 1.807) is 11.8 Å². The zero-order valence-corrected chi connectivity index (χ0v) is 10.1. The molecule has 1 aromatic rings. The van der Waals surface area contributed by atoms with Gasteiger partial charge in [0.15, 0.2) is 5.82 Å². The third kappa shape index (κ3) is 2.41. The average molecular weight is 260 g/mol. The number of halogens is 3. The molecule has 0 spiro atoms. The van der Waals surface area contributed by atoms with Crippen LogP contribution in [-0.2, 0) is 4.79 Å². The summed E-state index contributed by atoms with van der Waals surface area (Å²) in [6.07, 6.45) is 0.369. The lowest BCUT2D eigenvalue weighted by Gasteiger charge is -2.32. The minimum absolute atomic E-state index is 0.0454. The number of hydrogen-bond acceptors (Lipinski definition) is 2. The fourth-order valence-electron chi connectivity index (χ4n) is 2.06. The number of carbonyl (C=O) groups is 1. The van der Waals surface area contributed by atoms with E-state index < -0.39 is 11.6 Å².